The lowest BCUT2D eigenvalue weighted by molar-refractivity contribution is -0.134. The van der Waals surface area contributed by atoms with Gasteiger partial charge in [0.2, 0.25) is 5.91 Å². The van der Waals surface area contributed by atoms with E-state index in [-0.39, 0.29) is 5.91 Å². The second-order valence-corrected chi connectivity index (χ2v) is 8.52. The summed E-state index contributed by atoms with van der Waals surface area (Å²) < 4.78 is 5.63. The summed E-state index contributed by atoms with van der Waals surface area (Å²) in [6, 6.07) is 14.1. The molecular weight excluding hydrogens is 388 g/mol. The van der Waals surface area contributed by atoms with Crippen molar-refractivity contribution in [3.8, 4) is 5.75 Å². The molecule has 2 heterocycles. The lowest BCUT2D eigenvalue weighted by Crippen LogP contribution is -2.64. The van der Waals surface area contributed by atoms with E-state index in [9.17, 15) is 4.79 Å². The molecule has 1 saturated carbocycles. The first kappa shape index (κ1) is 21.8. The SMILES string of the molecule is CCN(C(=O)C1(N2CCNCC2)CCC(c2ccccc2OC)CC1)c1ccccn1. The normalized spacial score (nSPS) is 24.5. The van der Waals surface area contributed by atoms with Crippen molar-refractivity contribution in [2.24, 2.45) is 0 Å². The number of methoxy groups -OCH3 is 1. The highest BCUT2D eigenvalue weighted by molar-refractivity contribution is 5.99. The summed E-state index contributed by atoms with van der Waals surface area (Å²) in [6.45, 7) is 6.34. The van der Waals surface area contributed by atoms with Crippen molar-refractivity contribution in [1.82, 2.24) is 15.2 Å². The van der Waals surface area contributed by atoms with Crippen LogP contribution in [-0.4, -0.2) is 61.2 Å². The smallest absolute Gasteiger partial charge is 0.248 e. The molecule has 1 aliphatic heterocycles. The summed E-state index contributed by atoms with van der Waals surface area (Å²) >= 11 is 0. The minimum absolute atomic E-state index is 0.203. The van der Waals surface area contributed by atoms with Gasteiger partial charge in [0.05, 0.1) is 7.11 Å². The molecule has 0 atom stereocenters. The third kappa shape index (κ3) is 4.32. The summed E-state index contributed by atoms with van der Waals surface area (Å²) in [4.78, 5) is 22.9. The Kier molecular flexibility index (Phi) is 6.88. The molecule has 4 rings (SSSR count). The number of para-hydroxylation sites is 1. The molecule has 1 saturated heterocycles. The number of anilines is 1. The lowest BCUT2D eigenvalue weighted by atomic mass is 9.72. The zero-order chi connectivity index (χ0) is 21.7. The number of carbonyl (C=O) groups is 1. The molecule has 0 unspecified atom stereocenters. The predicted octanol–water partition coefficient (Wildman–Crippen LogP) is 3.44. The van der Waals surface area contributed by atoms with Crippen LogP contribution in [0.15, 0.2) is 48.7 Å². The minimum atomic E-state index is -0.464. The second kappa shape index (κ2) is 9.79. The maximum Gasteiger partial charge on any atom is 0.248 e. The number of ether oxygens (including phenoxy) is 1. The lowest BCUT2D eigenvalue weighted by Gasteiger charge is -2.49. The second-order valence-electron chi connectivity index (χ2n) is 8.52. The number of likely N-dealkylation sites (N-methyl/N-ethyl adjacent to an activating group) is 1. The number of carbonyl (C=O) groups excluding carboxylic acids is 1. The molecule has 0 radical (unpaired) electrons. The van der Waals surface area contributed by atoms with Crippen molar-refractivity contribution in [3.05, 3.63) is 54.2 Å². The van der Waals surface area contributed by atoms with Crippen LogP contribution in [0.3, 0.4) is 0 Å². The van der Waals surface area contributed by atoms with Crippen LogP contribution in [-0.2, 0) is 4.79 Å². The van der Waals surface area contributed by atoms with E-state index in [0.717, 1.165) is 63.4 Å². The summed E-state index contributed by atoms with van der Waals surface area (Å²) in [7, 11) is 1.74. The van der Waals surface area contributed by atoms with Gasteiger partial charge in [0.15, 0.2) is 0 Å². The number of benzene rings is 1. The number of hydrogen-bond acceptors (Lipinski definition) is 5. The fourth-order valence-electron chi connectivity index (χ4n) is 5.34. The first-order valence-electron chi connectivity index (χ1n) is 11.5. The van der Waals surface area contributed by atoms with E-state index in [1.165, 1.54) is 5.56 Å². The first-order chi connectivity index (χ1) is 15.2. The van der Waals surface area contributed by atoms with Crippen LogP contribution >= 0.6 is 0 Å². The molecule has 0 bridgehead atoms. The largest absolute Gasteiger partial charge is 0.496 e. The van der Waals surface area contributed by atoms with Crippen LogP contribution in [0.2, 0.25) is 0 Å². The number of rotatable bonds is 6. The first-order valence-corrected chi connectivity index (χ1v) is 11.5. The molecule has 1 aromatic heterocycles. The van der Waals surface area contributed by atoms with Gasteiger partial charge in [-0.05, 0) is 62.3 Å². The fraction of sp³-hybridized carbons (Fsp3) is 0.520. The molecule has 1 aliphatic carbocycles. The van der Waals surface area contributed by atoms with Crippen molar-refractivity contribution in [1.29, 1.82) is 0 Å². The number of amides is 1. The number of aromatic nitrogens is 1. The van der Waals surface area contributed by atoms with Gasteiger partial charge in [-0.1, -0.05) is 24.3 Å². The number of nitrogens with one attached hydrogen (secondary N) is 1. The van der Waals surface area contributed by atoms with E-state index in [2.05, 4.69) is 27.3 Å². The third-order valence-electron chi connectivity index (χ3n) is 7.00. The zero-order valence-electron chi connectivity index (χ0n) is 18.7. The number of piperazine rings is 1. The van der Waals surface area contributed by atoms with Gasteiger partial charge in [-0.25, -0.2) is 4.98 Å². The fourth-order valence-corrected chi connectivity index (χ4v) is 5.34. The van der Waals surface area contributed by atoms with Gasteiger partial charge in [-0.15, -0.1) is 0 Å². The average Bonchev–Trinajstić information content (AvgIpc) is 2.85. The van der Waals surface area contributed by atoms with E-state index in [4.69, 9.17) is 4.74 Å². The molecule has 6 nitrogen and oxygen atoms in total. The Bertz CT molecular complexity index is 859. The van der Waals surface area contributed by atoms with E-state index in [1.54, 1.807) is 13.3 Å². The highest BCUT2D eigenvalue weighted by atomic mass is 16.5. The molecule has 166 valence electrons. The van der Waals surface area contributed by atoms with Gasteiger partial charge < -0.3 is 10.1 Å². The molecule has 2 aliphatic rings. The number of pyridine rings is 1. The van der Waals surface area contributed by atoms with Gasteiger partial charge in [0, 0.05) is 38.9 Å². The maximum atomic E-state index is 14.1. The molecule has 2 fully saturated rings. The summed E-state index contributed by atoms with van der Waals surface area (Å²) in [5, 5.41) is 3.44. The summed E-state index contributed by atoms with van der Waals surface area (Å²) in [6.07, 6.45) is 5.45. The highest BCUT2D eigenvalue weighted by Crippen LogP contribution is 2.44. The van der Waals surface area contributed by atoms with E-state index < -0.39 is 5.54 Å². The van der Waals surface area contributed by atoms with Gasteiger partial charge >= 0.3 is 0 Å². The molecule has 1 amide bonds. The van der Waals surface area contributed by atoms with Crippen molar-refractivity contribution in [3.63, 3.8) is 0 Å². The average molecular weight is 423 g/mol. The van der Waals surface area contributed by atoms with Crippen LogP contribution in [0.25, 0.3) is 0 Å². The quantitative estimate of drug-likeness (QED) is 0.773. The molecule has 2 aromatic rings. The maximum absolute atomic E-state index is 14.1. The van der Waals surface area contributed by atoms with Crippen LogP contribution < -0.4 is 15.0 Å². The van der Waals surface area contributed by atoms with Crippen LogP contribution in [0.5, 0.6) is 5.75 Å². The predicted molar refractivity (Wildman–Crippen MR) is 124 cm³/mol. The Hall–Kier alpha value is -2.44. The Balaban J connectivity index is 1.62. The van der Waals surface area contributed by atoms with Gasteiger partial charge in [-0.3, -0.25) is 14.6 Å². The summed E-state index contributed by atoms with van der Waals surface area (Å²) in [5.74, 6) is 2.33. The van der Waals surface area contributed by atoms with Crippen LogP contribution in [0, 0.1) is 0 Å². The Morgan fingerprint density at radius 2 is 1.87 bits per heavy atom. The number of hydrogen-bond donors (Lipinski definition) is 1. The molecular formula is C25H34N4O2. The van der Waals surface area contributed by atoms with Gasteiger partial charge in [0.1, 0.15) is 17.1 Å². The van der Waals surface area contributed by atoms with Crippen LogP contribution in [0.1, 0.15) is 44.1 Å². The monoisotopic (exact) mass is 422 g/mol. The molecule has 6 heteroatoms. The molecule has 1 N–H and O–H groups in total. The van der Waals surface area contributed by atoms with Gasteiger partial charge in [0.25, 0.3) is 0 Å². The molecule has 31 heavy (non-hydrogen) atoms. The Labute approximate surface area is 185 Å². The molecule has 0 spiro atoms. The van der Waals surface area contributed by atoms with Crippen molar-refractivity contribution in [2.45, 2.75) is 44.1 Å². The Morgan fingerprint density at radius 1 is 1.16 bits per heavy atom. The summed E-state index contributed by atoms with van der Waals surface area (Å²) in [5.41, 5.74) is 0.803. The van der Waals surface area contributed by atoms with Crippen molar-refractivity contribution < 1.29 is 9.53 Å². The van der Waals surface area contributed by atoms with Crippen LogP contribution in [0.4, 0.5) is 5.82 Å². The zero-order valence-corrected chi connectivity index (χ0v) is 18.7. The third-order valence-corrected chi connectivity index (χ3v) is 7.00. The van der Waals surface area contributed by atoms with E-state index >= 15 is 0 Å². The standard InChI is InChI=1S/C25H34N4O2/c1-3-29(23-10-6-7-15-27-23)24(30)25(28-18-16-26-17-19-28)13-11-20(12-14-25)21-8-4-5-9-22(21)31-2/h4-10,15,20,26H,3,11-14,16-19H2,1-2H3. The van der Waals surface area contributed by atoms with E-state index in [1.807, 2.05) is 42.2 Å². The van der Waals surface area contributed by atoms with Crippen molar-refractivity contribution in [2.75, 3.05) is 44.7 Å². The minimum Gasteiger partial charge on any atom is -0.496 e. The Morgan fingerprint density at radius 3 is 2.52 bits per heavy atom. The molecule has 1 aromatic carbocycles. The van der Waals surface area contributed by atoms with Crippen molar-refractivity contribution >= 4 is 11.7 Å². The number of nitrogens with zero attached hydrogens (tertiary/aromatic N) is 3. The highest BCUT2D eigenvalue weighted by Gasteiger charge is 2.49. The topological polar surface area (TPSA) is 57.7 Å². The van der Waals surface area contributed by atoms with Gasteiger partial charge in [-0.2, -0.15) is 0 Å². The van der Waals surface area contributed by atoms with E-state index in [0.29, 0.717) is 12.5 Å².